The molecule has 0 aromatic heterocycles. The Kier molecular flexibility index (Phi) is 3.44. The highest BCUT2D eigenvalue weighted by Gasteiger charge is 2.48. The van der Waals surface area contributed by atoms with Gasteiger partial charge in [-0.3, -0.25) is 4.90 Å². The second kappa shape index (κ2) is 5.08. The van der Waals surface area contributed by atoms with Gasteiger partial charge in [0.1, 0.15) is 0 Å². The number of likely N-dealkylation sites (tertiary alicyclic amines) is 1. The summed E-state index contributed by atoms with van der Waals surface area (Å²) in [5.74, 6) is 0.550. The first-order chi connectivity index (χ1) is 9.19. The second-order valence-electron chi connectivity index (χ2n) is 5.98. The smallest absolute Gasteiger partial charge is 0.0558 e. The van der Waals surface area contributed by atoms with Crippen molar-refractivity contribution in [3.05, 3.63) is 41.5 Å². The molecule has 19 heavy (non-hydrogen) atoms. The van der Waals surface area contributed by atoms with Gasteiger partial charge in [-0.2, -0.15) is 0 Å². The minimum Gasteiger partial charge on any atom is -0.395 e. The number of aliphatic hydroxyl groups excluding tert-OH is 1. The maximum Gasteiger partial charge on any atom is 0.0558 e. The van der Waals surface area contributed by atoms with Crippen LogP contribution in [0.5, 0.6) is 0 Å². The average Bonchev–Trinajstić information content (AvgIpc) is 2.81. The van der Waals surface area contributed by atoms with Crippen LogP contribution in [0.25, 0.3) is 6.08 Å². The summed E-state index contributed by atoms with van der Waals surface area (Å²) >= 11 is 0. The molecule has 2 aliphatic rings. The number of aliphatic hydroxyl groups is 1. The van der Waals surface area contributed by atoms with Gasteiger partial charge in [0.25, 0.3) is 0 Å². The fourth-order valence-electron chi connectivity index (χ4n) is 3.59. The minimum atomic E-state index is -0.0736. The van der Waals surface area contributed by atoms with Gasteiger partial charge in [0.15, 0.2) is 0 Å². The van der Waals surface area contributed by atoms with Crippen LogP contribution in [0, 0.1) is 5.92 Å². The van der Waals surface area contributed by atoms with E-state index in [1.165, 1.54) is 11.1 Å². The van der Waals surface area contributed by atoms with Crippen LogP contribution in [0.15, 0.2) is 35.9 Å². The molecule has 1 aromatic rings. The molecule has 1 saturated heterocycles. The molecule has 3 nitrogen and oxygen atoms in total. The first-order valence-electron chi connectivity index (χ1n) is 7.06. The van der Waals surface area contributed by atoms with Crippen LogP contribution in [0.4, 0.5) is 0 Å². The number of hydrogen-bond donors (Lipinski definition) is 2. The summed E-state index contributed by atoms with van der Waals surface area (Å²) < 4.78 is 0. The maximum atomic E-state index is 9.03. The molecule has 0 unspecified atom stereocenters. The van der Waals surface area contributed by atoms with Crippen molar-refractivity contribution in [1.29, 1.82) is 0 Å². The van der Waals surface area contributed by atoms with Gasteiger partial charge in [-0.25, -0.2) is 0 Å². The molecule has 2 fully saturated rings. The molecule has 3 rings (SSSR count). The highest BCUT2D eigenvalue weighted by atomic mass is 16.3. The molecule has 3 heteroatoms. The van der Waals surface area contributed by atoms with E-state index >= 15 is 0 Å². The van der Waals surface area contributed by atoms with Crippen molar-refractivity contribution < 1.29 is 5.11 Å². The van der Waals surface area contributed by atoms with Gasteiger partial charge in [-0.15, -0.1) is 0 Å². The lowest BCUT2D eigenvalue weighted by molar-refractivity contribution is 0.212. The van der Waals surface area contributed by atoms with Crippen LogP contribution in [0.2, 0.25) is 0 Å². The molecule has 0 bridgehead atoms. The summed E-state index contributed by atoms with van der Waals surface area (Å²) in [5, 5.41) is 9.03. The van der Waals surface area contributed by atoms with Gasteiger partial charge in [-0.1, -0.05) is 42.0 Å². The van der Waals surface area contributed by atoms with Crippen LogP contribution >= 0.6 is 0 Å². The van der Waals surface area contributed by atoms with Crippen LogP contribution in [0.1, 0.15) is 18.4 Å². The fraction of sp³-hybridized carbons (Fsp3) is 0.500. The second-order valence-corrected chi connectivity index (χ2v) is 5.98. The lowest BCUT2D eigenvalue weighted by atomic mass is 9.92. The highest BCUT2D eigenvalue weighted by molar-refractivity contribution is 5.54. The molecule has 102 valence electrons. The van der Waals surface area contributed by atoms with Crippen LogP contribution in [0.3, 0.4) is 0 Å². The van der Waals surface area contributed by atoms with E-state index in [4.69, 9.17) is 10.8 Å². The van der Waals surface area contributed by atoms with Crippen molar-refractivity contribution in [2.24, 2.45) is 11.7 Å². The van der Waals surface area contributed by atoms with Crippen molar-refractivity contribution in [2.45, 2.75) is 18.4 Å². The number of nitrogens with zero attached hydrogens (tertiary/aromatic N) is 1. The zero-order valence-corrected chi connectivity index (χ0v) is 11.3. The van der Waals surface area contributed by atoms with Crippen LogP contribution in [-0.2, 0) is 0 Å². The number of nitrogens with two attached hydrogens (primary N) is 1. The van der Waals surface area contributed by atoms with Crippen LogP contribution in [-0.4, -0.2) is 41.8 Å². The Bertz CT molecular complexity index is 471. The summed E-state index contributed by atoms with van der Waals surface area (Å²) in [4.78, 5) is 2.30. The summed E-state index contributed by atoms with van der Waals surface area (Å²) in [6, 6.07) is 10.5. The van der Waals surface area contributed by atoms with E-state index in [9.17, 15) is 0 Å². The first-order valence-corrected chi connectivity index (χ1v) is 7.06. The topological polar surface area (TPSA) is 49.5 Å². The molecule has 1 aliphatic carbocycles. The van der Waals surface area contributed by atoms with E-state index in [0.717, 1.165) is 32.5 Å². The molecule has 1 saturated carbocycles. The van der Waals surface area contributed by atoms with E-state index in [0.29, 0.717) is 5.92 Å². The fourth-order valence-corrected chi connectivity index (χ4v) is 3.59. The Labute approximate surface area is 114 Å². The summed E-state index contributed by atoms with van der Waals surface area (Å²) in [6.07, 6.45) is 4.39. The SMILES string of the molecule is N[C@]12C/C(=C/c3ccccc3)C[C@H]1CN(CCO)C2. The van der Waals surface area contributed by atoms with E-state index in [1.807, 2.05) is 6.07 Å². The summed E-state index contributed by atoms with van der Waals surface area (Å²) in [5.41, 5.74) is 9.24. The van der Waals surface area contributed by atoms with Crippen molar-refractivity contribution in [1.82, 2.24) is 4.90 Å². The third-order valence-electron chi connectivity index (χ3n) is 4.46. The standard InChI is InChI=1S/C16H22N2O/c17-16-10-14(8-13-4-2-1-3-5-13)9-15(16)11-18(12-16)6-7-19/h1-5,8,15,19H,6-7,9-12,17H2/b14-8+/t15-,16-/m0/s1. The quantitative estimate of drug-likeness (QED) is 0.863. The third kappa shape index (κ3) is 2.59. The molecule has 0 spiro atoms. The Morgan fingerprint density at radius 2 is 2.16 bits per heavy atom. The molecular formula is C16H22N2O. The summed E-state index contributed by atoms with van der Waals surface area (Å²) in [6.45, 7) is 2.94. The van der Waals surface area contributed by atoms with Gasteiger partial charge in [0.05, 0.1) is 6.61 Å². The highest BCUT2D eigenvalue weighted by Crippen LogP contribution is 2.43. The van der Waals surface area contributed by atoms with Gasteiger partial charge >= 0.3 is 0 Å². The Morgan fingerprint density at radius 3 is 2.84 bits per heavy atom. The van der Waals surface area contributed by atoms with E-state index in [-0.39, 0.29) is 12.1 Å². The van der Waals surface area contributed by atoms with Gasteiger partial charge in [0.2, 0.25) is 0 Å². The molecule has 1 aliphatic heterocycles. The third-order valence-corrected chi connectivity index (χ3v) is 4.46. The molecule has 0 amide bonds. The van der Waals surface area contributed by atoms with Crippen molar-refractivity contribution in [3.8, 4) is 0 Å². The monoisotopic (exact) mass is 258 g/mol. The number of rotatable bonds is 3. The molecule has 2 atom stereocenters. The predicted octanol–water partition coefficient (Wildman–Crippen LogP) is 1.49. The maximum absolute atomic E-state index is 9.03. The molecule has 3 N–H and O–H groups in total. The lowest BCUT2D eigenvalue weighted by Crippen LogP contribution is -2.44. The van der Waals surface area contributed by atoms with Gasteiger partial charge in [0, 0.05) is 25.2 Å². The number of fused-ring (bicyclic) bond motifs is 1. The number of hydrogen-bond acceptors (Lipinski definition) is 3. The molecule has 1 aromatic carbocycles. The average molecular weight is 258 g/mol. The predicted molar refractivity (Wildman–Crippen MR) is 77.6 cm³/mol. The summed E-state index contributed by atoms with van der Waals surface area (Å²) in [7, 11) is 0. The lowest BCUT2D eigenvalue weighted by Gasteiger charge is -2.22. The van der Waals surface area contributed by atoms with Crippen molar-refractivity contribution in [2.75, 3.05) is 26.2 Å². The first kappa shape index (κ1) is 12.9. The minimum absolute atomic E-state index is 0.0736. The Balaban J connectivity index is 1.71. The molecule has 1 heterocycles. The Morgan fingerprint density at radius 1 is 1.37 bits per heavy atom. The molecular weight excluding hydrogens is 236 g/mol. The normalized spacial score (nSPS) is 32.9. The molecule has 0 radical (unpaired) electrons. The Hall–Kier alpha value is -1.16. The van der Waals surface area contributed by atoms with E-state index in [1.54, 1.807) is 0 Å². The van der Waals surface area contributed by atoms with E-state index < -0.39 is 0 Å². The number of benzene rings is 1. The van der Waals surface area contributed by atoms with Crippen molar-refractivity contribution >= 4 is 6.08 Å². The van der Waals surface area contributed by atoms with Crippen LogP contribution < -0.4 is 5.73 Å². The zero-order valence-electron chi connectivity index (χ0n) is 11.3. The van der Waals surface area contributed by atoms with Gasteiger partial charge < -0.3 is 10.8 Å². The van der Waals surface area contributed by atoms with Crippen molar-refractivity contribution in [3.63, 3.8) is 0 Å². The number of β-amino-alcohol motifs (C(OH)–C–C–N with tert-alkyl or cyclic N) is 1. The largest absolute Gasteiger partial charge is 0.395 e. The van der Waals surface area contributed by atoms with E-state index in [2.05, 4.69) is 35.2 Å². The van der Waals surface area contributed by atoms with Gasteiger partial charge in [-0.05, 0) is 24.3 Å². The zero-order chi connectivity index (χ0) is 13.3.